The molecule has 1 atom stereocenters. The van der Waals surface area contributed by atoms with E-state index in [4.69, 9.17) is 0 Å². The maximum absolute atomic E-state index is 12.6. The number of rotatable bonds is 2. The number of nitrogens with one attached hydrogen (secondary N) is 1. The summed E-state index contributed by atoms with van der Waals surface area (Å²) in [7, 11) is 0. The highest BCUT2D eigenvalue weighted by Crippen LogP contribution is 2.27. The maximum Gasteiger partial charge on any atom is 0.257 e. The van der Waals surface area contributed by atoms with Gasteiger partial charge in [-0.15, -0.1) is 11.3 Å². The molecule has 0 fully saturated rings. The van der Waals surface area contributed by atoms with Gasteiger partial charge in [-0.1, -0.05) is 11.8 Å². The normalized spacial score (nSPS) is 16.6. The molecular formula is C17H16N4O2S2. The number of anilines is 1. The summed E-state index contributed by atoms with van der Waals surface area (Å²) < 4.78 is 2.70. The van der Waals surface area contributed by atoms with E-state index in [1.807, 2.05) is 25.1 Å². The Morgan fingerprint density at radius 3 is 3.04 bits per heavy atom. The smallest absolute Gasteiger partial charge is 0.257 e. The van der Waals surface area contributed by atoms with Crippen molar-refractivity contribution in [1.82, 2.24) is 14.5 Å². The molecule has 25 heavy (non-hydrogen) atoms. The maximum atomic E-state index is 12.6. The van der Waals surface area contributed by atoms with Crippen molar-refractivity contribution in [1.29, 1.82) is 0 Å². The Labute approximate surface area is 152 Å². The average molecular weight is 372 g/mol. The number of carbonyl (C=O) groups excluding carboxylic acids is 1. The average Bonchev–Trinajstić information content (AvgIpc) is 2.97. The summed E-state index contributed by atoms with van der Waals surface area (Å²) in [6.45, 7) is 4.06. The van der Waals surface area contributed by atoms with Crippen molar-refractivity contribution in [3.05, 3.63) is 45.3 Å². The molecule has 1 N–H and O–H groups in total. The van der Waals surface area contributed by atoms with Crippen molar-refractivity contribution >= 4 is 44.9 Å². The van der Waals surface area contributed by atoms with Crippen LogP contribution >= 0.6 is 23.1 Å². The van der Waals surface area contributed by atoms with Gasteiger partial charge in [0.25, 0.3) is 5.56 Å². The third kappa shape index (κ3) is 3.07. The molecule has 1 aromatic carbocycles. The third-order valence-corrected chi connectivity index (χ3v) is 6.24. The van der Waals surface area contributed by atoms with Gasteiger partial charge < -0.3 is 5.32 Å². The van der Waals surface area contributed by atoms with Crippen LogP contribution in [0.2, 0.25) is 0 Å². The van der Waals surface area contributed by atoms with E-state index in [1.54, 1.807) is 29.0 Å². The van der Waals surface area contributed by atoms with Crippen LogP contribution < -0.4 is 10.9 Å². The number of benzene rings is 1. The van der Waals surface area contributed by atoms with Gasteiger partial charge in [0.2, 0.25) is 5.91 Å². The number of thiazole rings is 1. The van der Waals surface area contributed by atoms with Crippen LogP contribution in [0.3, 0.4) is 0 Å². The molecule has 1 aliphatic heterocycles. The Balaban J connectivity index is 1.54. The highest BCUT2D eigenvalue weighted by atomic mass is 32.2. The molecule has 0 aliphatic carbocycles. The zero-order chi connectivity index (χ0) is 17.6. The molecule has 4 rings (SSSR count). The second kappa shape index (κ2) is 6.27. The van der Waals surface area contributed by atoms with Gasteiger partial charge in [-0.2, -0.15) is 0 Å². The highest BCUT2D eigenvalue weighted by Gasteiger charge is 2.27. The van der Waals surface area contributed by atoms with E-state index >= 15 is 0 Å². The SMILES string of the molecule is Cc1nc2cc(NC(=O)[C@@H]3CSc4ncc(C)c(=O)n4C3)ccc2s1. The van der Waals surface area contributed by atoms with Gasteiger partial charge in [0.05, 0.1) is 21.1 Å². The summed E-state index contributed by atoms with van der Waals surface area (Å²) in [6.07, 6.45) is 1.59. The zero-order valence-corrected chi connectivity index (χ0v) is 15.4. The third-order valence-electron chi connectivity index (χ3n) is 4.13. The van der Waals surface area contributed by atoms with E-state index in [1.165, 1.54) is 11.8 Å². The minimum atomic E-state index is -0.272. The standard InChI is InChI=1S/C17H16N4O2S2/c1-9-6-18-17-21(16(9)23)7-11(8-24-17)15(22)20-12-3-4-14-13(5-12)19-10(2)25-14/h3-6,11H,7-8H2,1-2H3,(H,20,22)/t11-/m0/s1. The van der Waals surface area contributed by atoms with Gasteiger partial charge >= 0.3 is 0 Å². The Morgan fingerprint density at radius 1 is 1.36 bits per heavy atom. The Morgan fingerprint density at radius 2 is 2.20 bits per heavy atom. The number of hydrogen-bond donors (Lipinski definition) is 1. The van der Waals surface area contributed by atoms with Crippen LogP contribution in [0.15, 0.2) is 34.3 Å². The summed E-state index contributed by atoms with van der Waals surface area (Å²) >= 11 is 3.08. The van der Waals surface area contributed by atoms with Gasteiger partial charge in [-0.25, -0.2) is 9.97 Å². The molecule has 2 aromatic heterocycles. The van der Waals surface area contributed by atoms with Gasteiger partial charge in [0.1, 0.15) is 0 Å². The van der Waals surface area contributed by atoms with Crippen molar-refractivity contribution in [3.8, 4) is 0 Å². The van der Waals surface area contributed by atoms with Crippen LogP contribution in [0.4, 0.5) is 5.69 Å². The molecule has 128 valence electrons. The largest absolute Gasteiger partial charge is 0.326 e. The first-order chi connectivity index (χ1) is 12.0. The van der Waals surface area contributed by atoms with Crippen molar-refractivity contribution in [2.45, 2.75) is 25.5 Å². The first-order valence-corrected chi connectivity index (χ1v) is 9.69. The monoisotopic (exact) mass is 372 g/mol. The quantitative estimate of drug-likeness (QED) is 0.700. The zero-order valence-electron chi connectivity index (χ0n) is 13.8. The number of aryl methyl sites for hydroxylation is 2. The molecule has 3 heterocycles. The molecule has 0 radical (unpaired) electrons. The van der Waals surface area contributed by atoms with Crippen LogP contribution in [0.25, 0.3) is 10.2 Å². The molecule has 3 aromatic rings. The Kier molecular flexibility index (Phi) is 4.09. The highest BCUT2D eigenvalue weighted by molar-refractivity contribution is 7.99. The van der Waals surface area contributed by atoms with Crippen LogP contribution in [0, 0.1) is 19.8 Å². The summed E-state index contributed by atoms with van der Waals surface area (Å²) in [6, 6.07) is 5.75. The van der Waals surface area contributed by atoms with E-state index in [-0.39, 0.29) is 17.4 Å². The molecule has 0 spiro atoms. The first kappa shape index (κ1) is 16.3. The van der Waals surface area contributed by atoms with E-state index < -0.39 is 0 Å². The number of carbonyl (C=O) groups is 1. The molecule has 8 heteroatoms. The minimum Gasteiger partial charge on any atom is -0.326 e. The van der Waals surface area contributed by atoms with E-state index in [0.29, 0.717) is 23.0 Å². The van der Waals surface area contributed by atoms with Gasteiger partial charge in [0, 0.05) is 29.7 Å². The fourth-order valence-corrected chi connectivity index (χ4v) is 4.68. The summed E-state index contributed by atoms with van der Waals surface area (Å²) in [5.74, 6) is 0.254. The van der Waals surface area contributed by atoms with Crippen LogP contribution in [-0.4, -0.2) is 26.2 Å². The number of aromatic nitrogens is 3. The molecule has 1 amide bonds. The van der Waals surface area contributed by atoms with Crippen LogP contribution in [0.5, 0.6) is 0 Å². The predicted octanol–water partition coefficient (Wildman–Crippen LogP) is 2.83. The molecular weight excluding hydrogens is 356 g/mol. The molecule has 6 nitrogen and oxygen atoms in total. The van der Waals surface area contributed by atoms with Crippen molar-refractivity contribution in [2.75, 3.05) is 11.1 Å². The number of amides is 1. The second-order valence-corrected chi connectivity index (χ2v) is 8.27. The fourth-order valence-electron chi connectivity index (χ4n) is 2.82. The van der Waals surface area contributed by atoms with E-state index in [2.05, 4.69) is 15.3 Å². The van der Waals surface area contributed by atoms with Crippen molar-refractivity contribution in [2.24, 2.45) is 5.92 Å². The number of hydrogen-bond acceptors (Lipinski definition) is 6. The molecule has 0 saturated carbocycles. The lowest BCUT2D eigenvalue weighted by Crippen LogP contribution is -2.37. The molecule has 0 unspecified atom stereocenters. The predicted molar refractivity (Wildman–Crippen MR) is 100 cm³/mol. The lowest BCUT2D eigenvalue weighted by molar-refractivity contribution is -0.119. The fraction of sp³-hybridized carbons (Fsp3) is 0.294. The summed E-state index contributed by atoms with van der Waals surface area (Å²) in [5.41, 5.74) is 2.14. The number of nitrogens with zero attached hydrogens (tertiary/aromatic N) is 3. The topological polar surface area (TPSA) is 76.9 Å². The second-order valence-electron chi connectivity index (χ2n) is 6.05. The van der Waals surface area contributed by atoms with Gasteiger partial charge in [-0.3, -0.25) is 14.2 Å². The van der Waals surface area contributed by atoms with Crippen LogP contribution in [-0.2, 0) is 11.3 Å². The Bertz CT molecular complexity index is 1040. The summed E-state index contributed by atoms with van der Waals surface area (Å²) in [5, 5.41) is 4.64. The number of fused-ring (bicyclic) bond motifs is 2. The van der Waals surface area contributed by atoms with Gasteiger partial charge in [0.15, 0.2) is 5.16 Å². The lowest BCUT2D eigenvalue weighted by atomic mass is 10.1. The van der Waals surface area contributed by atoms with Crippen molar-refractivity contribution < 1.29 is 4.79 Å². The Hall–Kier alpha value is -2.19. The van der Waals surface area contributed by atoms with Crippen molar-refractivity contribution in [3.63, 3.8) is 0 Å². The molecule has 1 aliphatic rings. The molecule has 0 bridgehead atoms. The van der Waals surface area contributed by atoms with Gasteiger partial charge in [-0.05, 0) is 32.0 Å². The number of thioether (sulfide) groups is 1. The lowest BCUT2D eigenvalue weighted by Gasteiger charge is -2.24. The van der Waals surface area contributed by atoms with Crippen LogP contribution in [0.1, 0.15) is 10.6 Å². The first-order valence-electron chi connectivity index (χ1n) is 7.88. The van der Waals surface area contributed by atoms with E-state index in [0.717, 1.165) is 20.9 Å². The minimum absolute atomic E-state index is 0.0747. The van der Waals surface area contributed by atoms with E-state index in [9.17, 15) is 9.59 Å². The summed E-state index contributed by atoms with van der Waals surface area (Å²) in [4.78, 5) is 33.6. The molecule has 0 saturated heterocycles.